The summed E-state index contributed by atoms with van der Waals surface area (Å²) in [7, 11) is 0. The van der Waals surface area contributed by atoms with E-state index in [2.05, 4.69) is 23.2 Å². The van der Waals surface area contributed by atoms with Crippen LogP contribution in [0.3, 0.4) is 0 Å². The average Bonchev–Trinajstić information content (AvgIpc) is 2.81. The smallest absolute Gasteiger partial charge is 0.0516 e. The Bertz CT molecular complexity index is 345. The van der Waals surface area contributed by atoms with Crippen LogP contribution in [-0.4, -0.2) is 30.6 Å². The number of nitrogens with zero attached hydrogens (tertiary/aromatic N) is 1. The van der Waals surface area contributed by atoms with Crippen LogP contribution in [0.1, 0.15) is 37.5 Å². The molecule has 1 aliphatic heterocycles. The summed E-state index contributed by atoms with van der Waals surface area (Å²) in [6, 6.07) is 2.75. The van der Waals surface area contributed by atoms with E-state index in [4.69, 9.17) is 11.6 Å². The van der Waals surface area contributed by atoms with E-state index in [1.165, 1.54) is 50.2 Å². The van der Waals surface area contributed by atoms with Crippen LogP contribution in [0, 0.1) is 0 Å². The molecule has 0 spiro atoms. The van der Waals surface area contributed by atoms with Gasteiger partial charge in [-0.3, -0.25) is 0 Å². The lowest BCUT2D eigenvalue weighted by Gasteiger charge is -2.32. The molecule has 0 aliphatic carbocycles. The topological polar surface area (TPSA) is 15.3 Å². The molecule has 0 amide bonds. The summed E-state index contributed by atoms with van der Waals surface area (Å²) in [4.78, 5) is 3.94. The van der Waals surface area contributed by atoms with Crippen molar-refractivity contribution in [2.45, 2.75) is 45.2 Å². The summed E-state index contributed by atoms with van der Waals surface area (Å²) in [5.41, 5.74) is 0. The van der Waals surface area contributed by atoms with Gasteiger partial charge in [0, 0.05) is 22.8 Å². The first-order valence-electron chi connectivity index (χ1n) is 6.96. The normalized spacial score (nSPS) is 18.3. The number of hydrogen-bond acceptors (Lipinski definition) is 3. The lowest BCUT2D eigenvalue weighted by atomic mass is 10.0. The van der Waals surface area contributed by atoms with Crippen molar-refractivity contribution in [2.75, 3.05) is 19.6 Å². The van der Waals surface area contributed by atoms with Crippen molar-refractivity contribution in [3.8, 4) is 0 Å². The van der Waals surface area contributed by atoms with Gasteiger partial charge < -0.3 is 10.2 Å². The predicted molar refractivity (Wildman–Crippen MR) is 80.5 cm³/mol. The minimum atomic E-state index is 0.684. The summed E-state index contributed by atoms with van der Waals surface area (Å²) in [5, 5.41) is 6.53. The van der Waals surface area contributed by atoms with Gasteiger partial charge in [0.1, 0.15) is 0 Å². The van der Waals surface area contributed by atoms with Crippen LogP contribution >= 0.6 is 22.9 Å². The third kappa shape index (κ3) is 4.54. The van der Waals surface area contributed by atoms with Crippen LogP contribution in [0.25, 0.3) is 0 Å². The molecule has 0 radical (unpaired) electrons. The highest BCUT2D eigenvalue weighted by Crippen LogP contribution is 2.19. The molecule has 0 bridgehead atoms. The summed E-state index contributed by atoms with van der Waals surface area (Å²) in [5.74, 6) is 0. The molecule has 1 aliphatic rings. The zero-order valence-electron chi connectivity index (χ0n) is 11.1. The number of likely N-dealkylation sites (tertiary alicyclic amines) is 1. The number of piperidine rings is 1. The Morgan fingerprint density at radius 1 is 1.44 bits per heavy atom. The fourth-order valence-electron chi connectivity index (χ4n) is 2.43. The van der Waals surface area contributed by atoms with Crippen LogP contribution in [-0.2, 0) is 6.54 Å². The third-order valence-corrected chi connectivity index (χ3v) is 4.89. The molecular weight excluding hydrogens is 264 g/mol. The summed E-state index contributed by atoms with van der Waals surface area (Å²) in [6.45, 7) is 7.02. The van der Waals surface area contributed by atoms with Gasteiger partial charge in [0.25, 0.3) is 0 Å². The number of thiophene rings is 1. The van der Waals surface area contributed by atoms with Crippen LogP contribution in [0.15, 0.2) is 11.4 Å². The molecule has 0 unspecified atom stereocenters. The van der Waals surface area contributed by atoms with E-state index in [0.29, 0.717) is 6.04 Å². The highest BCUT2D eigenvalue weighted by molar-refractivity contribution is 7.10. The van der Waals surface area contributed by atoms with Crippen LogP contribution in [0.5, 0.6) is 0 Å². The van der Waals surface area contributed by atoms with Gasteiger partial charge in [-0.05, 0) is 45.0 Å². The Morgan fingerprint density at radius 3 is 2.83 bits per heavy atom. The molecule has 2 heterocycles. The first kappa shape index (κ1) is 14.3. The van der Waals surface area contributed by atoms with E-state index in [1.807, 2.05) is 5.38 Å². The summed E-state index contributed by atoms with van der Waals surface area (Å²) >= 11 is 7.67. The molecule has 1 fully saturated rings. The van der Waals surface area contributed by atoms with E-state index >= 15 is 0 Å². The SMILES string of the molecule is CCCCN1CCC(NCc2cc(Cl)cs2)CC1. The first-order valence-corrected chi connectivity index (χ1v) is 8.22. The molecule has 4 heteroatoms. The molecule has 18 heavy (non-hydrogen) atoms. The van der Waals surface area contributed by atoms with Crippen molar-refractivity contribution < 1.29 is 0 Å². The fourth-order valence-corrected chi connectivity index (χ4v) is 3.46. The zero-order valence-corrected chi connectivity index (χ0v) is 12.7. The van der Waals surface area contributed by atoms with Gasteiger partial charge in [-0.25, -0.2) is 0 Å². The maximum Gasteiger partial charge on any atom is 0.0516 e. The molecule has 2 rings (SSSR count). The van der Waals surface area contributed by atoms with E-state index in [-0.39, 0.29) is 0 Å². The molecular formula is C14H23ClN2S. The number of unbranched alkanes of at least 4 members (excludes halogenated alkanes) is 1. The molecule has 1 saturated heterocycles. The standard InChI is InChI=1S/C14H23ClN2S/c1-2-3-6-17-7-4-13(5-8-17)16-10-14-9-12(15)11-18-14/h9,11,13,16H,2-8,10H2,1H3. The highest BCUT2D eigenvalue weighted by atomic mass is 35.5. The van der Waals surface area contributed by atoms with Crippen molar-refractivity contribution in [3.63, 3.8) is 0 Å². The molecule has 0 atom stereocenters. The quantitative estimate of drug-likeness (QED) is 0.857. The minimum absolute atomic E-state index is 0.684. The van der Waals surface area contributed by atoms with Crippen LogP contribution < -0.4 is 5.32 Å². The number of nitrogens with one attached hydrogen (secondary N) is 1. The first-order chi connectivity index (χ1) is 8.78. The monoisotopic (exact) mass is 286 g/mol. The third-order valence-electron chi connectivity index (χ3n) is 3.60. The van der Waals surface area contributed by atoms with Gasteiger partial charge in [-0.1, -0.05) is 24.9 Å². The Kier molecular flexibility index (Phi) is 5.96. The molecule has 1 aromatic rings. The number of rotatable bonds is 6. The minimum Gasteiger partial charge on any atom is -0.309 e. The van der Waals surface area contributed by atoms with Gasteiger partial charge in [-0.2, -0.15) is 0 Å². The predicted octanol–water partition coefficient (Wildman–Crippen LogP) is 3.76. The highest BCUT2D eigenvalue weighted by Gasteiger charge is 2.18. The molecule has 0 aromatic carbocycles. The molecule has 1 N–H and O–H groups in total. The fraction of sp³-hybridized carbons (Fsp3) is 0.714. The zero-order chi connectivity index (χ0) is 12.8. The Hall–Kier alpha value is -0.0900. The van der Waals surface area contributed by atoms with Crippen molar-refractivity contribution in [1.82, 2.24) is 10.2 Å². The Morgan fingerprint density at radius 2 is 2.22 bits per heavy atom. The lowest BCUT2D eigenvalue weighted by molar-refractivity contribution is 0.195. The van der Waals surface area contributed by atoms with Crippen LogP contribution in [0.4, 0.5) is 0 Å². The maximum absolute atomic E-state index is 5.93. The average molecular weight is 287 g/mol. The van der Waals surface area contributed by atoms with E-state index in [9.17, 15) is 0 Å². The number of hydrogen-bond donors (Lipinski definition) is 1. The second-order valence-electron chi connectivity index (χ2n) is 5.08. The largest absolute Gasteiger partial charge is 0.309 e. The Labute approximate surface area is 119 Å². The lowest BCUT2D eigenvalue weighted by Crippen LogP contribution is -2.42. The second-order valence-corrected chi connectivity index (χ2v) is 6.51. The molecule has 2 nitrogen and oxygen atoms in total. The van der Waals surface area contributed by atoms with Gasteiger partial charge in [0.05, 0.1) is 5.02 Å². The maximum atomic E-state index is 5.93. The molecule has 0 saturated carbocycles. The van der Waals surface area contributed by atoms with Gasteiger partial charge >= 0.3 is 0 Å². The van der Waals surface area contributed by atoms with Crippen molar-refractivity contribution >= 4 is 22.9 Å². The molecule has 1 aromatic heterocycles. The van der Waals surface area contributed by atoms with Crippen molar-refractivity contribution in [3.05, 3.63) is 21.3 Å². The second kappa shape index (κ2) is 7.49. The van der Waals surface area contributed by atoms with Gasteiger partial charge in [0.2, 0.25) is 0 Å². The summed E-state index contributed by atoms with van der Waals surface area (Å²) in [6.07, 6.45) is 5.20. The van der Waals surface area contributed by atoms with E-state index in [0.717, 1.165) is 11.6 Å². The number of halogens is 1. The van der Waals surface area contributed by atoms with Gasteiger partial charge in [-0.15, -0.1) is 11.3 Å². The summed E-state index contributed by atoms with van der Waals surface area (Å²) < 4.78 is 0. The van der Waals surface area contributed by atoms with Crippen molar-refractivity contribution in [1.29, 1.82) is 0 Å². The van der Waals surface area contributed by atoms with Crippen molar-refractivity contribution in [2.24, 2.45) is 0 Å². The van der Waals surface area contributed by atoms with Crippen LogP contribution in [0.2, 0.25) is 5.02 Å². The Balaban J connectivity index is 1.64. The van der Waals surface area contributed by atoms with Gasteiger partial charge in [0.15, 0.2) is 0 Å². The van der Waals surface area contributed by atoms with E-state index < -0.39 is 0 Å². The van der Waals surface area contributed by atoms with E-state index in [1.54, 1.807) is 11.3 Å². The molecule has 102 valence electrons.